The fraction of sp³-hybridized carbons (Fsp3) is 0.348. The average molecular weight is 412 g/mol. The Kier molecular flexibility index (Phi) is 7.21. The number of amides is 2. The van der Waals surface area contributed by atoms with Crippen molar-refractivity contribution in [3.63, 3.8) is 0 Å². The van der Waals surface area contributed by atoms with Crippen LogP contribution in [-0.4, -0.2) is 41.3 Å². The van der Waals surface area contributed by atoms with Crippen LogP contribution in [0.15, 0.2) is 42.5 Å². The van der Waals surface area contributed by atoms with E-state index in [4.69, 9.17) is 4.74 Å². The highest BCUT2D eigenvalue weighted by atomic mass is 16.6. The second-order valence-electron chi connectivity index (χ2n) is 8.10. The molecule has 3 N–H and O–H groups in total. The quantitative estimate of drug-likeness (QED) is 0.671. The summed E-state index contributed by atoms with van der Waals surface area (Å²) in [5.74, 6) is -1.77. The standard InChI is InChI=1S/C23H28N2O5/c1-14-11-17(16-9-7-6-8-10-16)12-15(2)19(14)20(26)25-18(21(27)28)13-24-22(29)30-23(3,4)5/h6-12,18H,13H2,1-5H3,(H,24,29)(H,25,26)(H,27,28)/t18-/m0/s1. The van der Waals surface area contributed by atoms with E-state index in [0.29, 0.717) is 5.56 Å². The van der Waals surface area contributed by atoms with Gasteiger partial charge in [0.25, 0.3) is 5.91 Å². The molecule has 0 aliphatic heterocycles. The lowest BCUT2D eigenvalue weighted by atomic mass is 9.95. The molecule has 2 rings (SSSR count). The van der Waals surface area contributed by atoms with E-state index in [0.717, 1.165) is 22.3 Å². The summed E-state index contributed by atoms with van der Waals surface area (Å²) in [5.41, 5.74) is 3.18. The highest BCUT2D eigenvalue weighted by Gasteiger charge is 2.25. The van der Waals surface area contributed by atoms with Crippen molar-refractivity contribution in [2.45, 2.75) is 46.3 Å². The number of aryl methyl sites for hydroxylation is 2. The van der Waals surface area contributed by atoms with E-state index in [1.54, 1.807) is 20.8 Å². The van der Waals surface area contributed by atoms with Crippen LogP contribution >= 0.6 is 0 Å². The molecule has 2 aromatic carbocycles. The van der Waals surface area contributed by atoms with Crippen LogP contribution in [0.3, 0.4) is 0 Å². The van der Waals surface area contributed by atoms with Crippen LogP contribution in [0.4, 0.5) is 4.79 Å². The number of ether oxygens (including phenoxy) is 1. The zero-order valence-corrected chi connectivity index (χ0v) is 17.9. The molecular weight excluding hydrogens is 384 g/mol. The maximum Gasteiger partial charge on any atom is 0.407 e. The number of hydrogen-bond acceptors (Lipinski definition) is 4. The van der Waals surface area contributed by atoms with Crippen molar-refractivity contribution in [1.29, 1.82) is 0 Å². The molecule has 0 aromatic heterocycles. The molecule has 0 unspecified atom stereocenters. The normalized spacial score (nSPS) is 12.0. The van der Waals surface area contributed by atoms with Gasteiger partial charge >= 0.3 is 12.1 Å². The smallest absolute Gasteiger partial charge is 0.407 e. The number of benzene rings is 2. The van der Waals surface area contributed by atoms with Gasteiger partial charge in [-0.3, -0.25) is 4.79 Å². The minimum absolute atomic E-state index is 0.295. The molecule has 0 aliphatic carbocycles. The lowest BCUT2D eigenvalue weighted by molar-refractivity contribution is -0.139. The molecule has 160 valence electrons. The highest BCUT2D eigenvalue weighted by Crippen LogP contribution is 2.25. The molecule has 30 heavy (non-hydrogen) atoms. The third-order valence-electron chi connectivity index (χ3n) is 4.32. The number of carboxylic acids is 1. The van der Waals surface area contributed by atoms with Gasteiger partial charge in [0.15, 0.2) is 0 Å². The number of nitrogens with one attached hydrogen (secondary N) is 2. The van der Waals surface area contributed by atoms with Crippen molar-refractivity contribution in [1.82, 2.24) is 10.6 Å². The largest absolute Gasteiger partial charge is 0.480 e. The van der Waals surface area contributed by atoms with Crippen LogP contribution in [0.1, 0.15) is 42.3 Å². The maximum absolute atomic E-state index is 12.8. The van der Waals surface area contributed by atoms with Crippen molar-refractivity contribution in [2.24, 2.45) is 0 Å². The topological polar surface area (TPSA) is 105 Å². The fourth-order valence-corrected chi connectivity index (χ4v) is 3.05. The minimum Gasteiger partial charge on any atom is -0.480 e. The first kappa shape index (κ1) is 22.9. The summed E-state index contributed by atoms with van der Waals surface area (Å²) in [7, 11) is 0. The number of carboxylic acid groups (broad SMARTS) is 1. The van der Waals surface area contributed by atoms with E-state index in [2.05, 4.69) is 10.6 Å². The Balaban J connectivity index is 2.14. The lowest BCUT2D eigenvalue weighted by Gasteiger charge is -2.21. The third-order valence-corrected chi connectivity index (χ3v) is 4.32. The number of rotatable bonds is 6. The van der Waals surface area contributed by atoms with Crippen molar-refractivity contribution in [3.05, 3.63) is 59.2 Å². The fourth-order valence-electron chi connectivity index (χ4n) is 3.05. The van der Waals surface area contributed by atoms with Gasteiger partial charge in [-0.25, -0.2) is 9.59 Å². The molecule has 0 fully saturated rings. The number of alkyl carbamates (subject to hydrolysis) is 1. The summed E-state index contributed by atoms with van der Waals surface area (Å²) in [5, 5.41) is 14.3. The summed E-state index contributed by atoms with van der Waals surface area (Å²) < 4.78 is 5.10. The molecule has 7 nitrogen and oxygen atoms in total. The molecule has 0 heterocycles. The van der Waals surface area contributed by atoms with Gasteiger partial charge in [0.1, 0.15) is 11.6 Å². The Morgan fingerprint density at radius 3 is 2.07 bits per heavy atom. The monoisotopic (exact) mass is 412 g/mol. The molecular formula is C23H28N2O5. The second-order valence-corrected chi connectivity index (χ2v) is 8.10. The van der Waals surface area contributed by atoms with Crippen LogP contribution in [0.2, 0.25) is 0 Å². The van der Waals surface area contributed by atoms with Crippen molar-refractivity contribution in [2.75, 3.05) is 6.54 Å². The predicted octanol–water partition coefficient (Wildman–Crippen LogP) is 3.68. The van der Waals surface area contributed by atoms with E-state index in [1.807, 2.05) is 56.3 Å². The zero-order valence-electron chi connectivity index (χ0n) is 17.9. The maximum atomic E-state index is 12.8. The zero-order chi connectivity index (χ0) is 22.5. The molecule has 0 bridgehead atoms. The van der Waals surface area contributed by atoms with Crippen molar-refractivity contribution in [3.8, 4) is 11.1 Å². The average Bonchev–Trinajstić information content (AvgIpc) is 2.63. The molecule has 0 aliphatic rings. The number of hydrogen-bond donors (Lipinski definition) is 3. The van der Waals surface area contributed by atoms with Crippen molar-refractivity contribution >= 4 is 18.0 Å². The van der Waals surface area contributed by atoms with Gasteiger partial charge in [-0.1, -0.05) is 42.5 Å². The van der Waals surface area contributed by atoms with Crippen LogP contribution < -0.4 is 10.6 Å². The Morgan fingerprint density at radius 1 is 1.00 bits per heavy atom. The Hall–Kier alpha value is -3.35. The van der Waals surface area contributed by atoms with E-state index in [1.165, 1.54) is 0 Å². The van der Waals surface area contributed by atoms with Gasteiger partial charge in [-0.05, 0) is 56.9 Å². The Labute approximate surface area is 176 Å². The SMILES string of the molecule is Cc1cc(-c2ccccc2)cc(C)c1C(=O)N[C@@H](CNC(=O)OC(C)(C)C)C(=O)O. The van der Waals surface area contributed by atoms with E-state index < -0.39 is 29.6 Å². The molecule has 0 saturated heterocycles. The molecule has 1 atom stereocenters. The third kappa shape index (κ3) is 6.34. The van der Waals surface area contributed by atoms with E-state index >= 15 is 0 Å². The Morgan fingerprint density at radius 2 is 1.57 bits per heavy atom. The molecule has 2 amide bonds. The van der Waals surface area contributed by atoms with Gasteiger partial charge < -0.3 is 20.5 Å². The predicted molar refractivity (Wildman–Crippen MR) is 114 cm³/mol. The summed E-state index contributed by atoms with van der Waals surface area (Å²) in [6, 6.07) is 12.3. The molecule has 0 spiro atoms. The first-order chi connectivity index (χ1) is 14.0. The first-order valence-corrected chi connectivity index (χ1v) is 9.65. The molecule has 0 radical (unpaired) electrons. The van der Waals surface area contributed by atoms with Gasteiger partial charge in [0.05, 0.1) is 6.54 Å². The number of aliphatic carboxylic acids is 1. The van der Waals surface area contributed by atoms with Gasteiger partial charge in [0, 0.05) is 5.56 Å². The molecule has 2 aromatic rings. The molecule has 0 saturated carbocycles. The van der Waals surface area contributed by atoms with Gasteiger partial charge in [-0.15, -0.1) is 0 Å². The van der Waals surface area contributed by atoms with Crippen LogP contribution in [0.5, 0.6) is 0 Å². The van der Waals surface area contributed by atoms with Gasteiger partial charge in [0.2, 0.25) is 0 Å². The molecule has 7 heteroatoms. The van der Waals surface area contributed by atoms with Crippen LogP contribution in [0, 0.1) is 13.8 Å². The van der Waals surface area contributed by atoms with E-state index in [9.17, 15) is 19.5 Å². The minimum atomic E-state index is -1.29. The van der Waals surface area contributed by atoms with Crippen LogP contribution in [-0.2, 0) is 9.53 Å². The summed E-state index contributed by atoms with van der Waals surface area (Å²) in [4.78, 5) is 36.2. The summed E-state index contributed by atoms with van der Waals surface area (Å²) >= 11 is 0. The van der Waals surface area contributed by atoms with Gasteiger partial charge in [-0.2, -0.15) is 0 Å². The first-order valence-electron chi connectivity index (χ1n) is 9.65. The summed E-state index contributed by atoms with van der Waals surface area (Å²) in [6.45, 7) is 8.43. The number of carbonyl (C=O) groups is 3. The number of carbonyl (C=O) groups excluding carboxylic acids is 2. The highest BCUT2D eigenvalue weighted by molar-refractivity contribution is 5.99. The Bertz CT molecular complexity index is 909. The van der Waals surface area contributed by atoms with Crippen molar-refractivity contribution < 1.29 is 24.2 Å². The summed E-state index contributed by atoms with van der Waals surface area (Å²) in [6.07, 6.45) is -0.748. The lowest BCUT2D eigenvalue weighted by Crippen LogP contribution is -2.49. The van der Waals surface area contributed by atoms with Crippen LogP contribution in [0.25, 0.3) is 11.1 Å². The second kappa shape index (κ2) is 9.43. The van der Waals surface area contributed by atoms with E-state index in [-0.39, 0.29) is 6.54 Å².